The number of rotatable bonds is 5. The first-order valence-electron chi connectivity index (χ1n) is 6.61. The molecule has 8 heteroatoms. The first-order chi connectivity index (χ1) is 9.90. The second-order valence-electron chi connectivity index (χ2n) is 5.06. The molecule has 0 radical (unpaired) electrons. The molecule has 2 heterocycles. The van der Waals surface area contributed by atoms with Crippen LogP contribution >= 0.6 is 11.5 Å². The van der Waals surface area contributed by atoms with E-state index in [1.54, 1.807) is 0 Å². The number of nitrogens with one attached hydrogen (secondary N) is 2. The second-order valence-corrected chi connectivity index (χ2v) is 5.83. The summed E-state index contributed by atoms with van der Waals surface area (Å²) in [5.74, 6) is 0.766. The Hall–Kier alpha value is -2.09. The number of amides is 1. The molecule has 0 aliphatic rings. The van der Waals surface area contributed by atoms with Crippen molar-refractivity contribution < 1.29 is 9.32 Å². The third-order valence-corrected chi connectivity index (χ3v) is 3.79. The molecule has 2 rings (SSSR count). The van der Waals surface area contributed by atoms with Gasteiger partial charge in [-0.05, 0) is 39.2 Å². The third kappa shape index (κ3) is 3.33. The van der Waals surface area contributed by atoms with E-state index in [0.29, 0.717) is 17.1 Å². The van der Waals surface area contributed by atoms with Crippen molar-refractivity contribution in [3.8, 4) is 0 Å². The average Bonchev–Trinajstić information content (AvgIpc) is 2.90. The van der Waals surface area contributed by atoms with Crippen molar-refractivity contribution in [1.82, 2.24) is 14.8 Å². The number of nitrogen functional groups attached to an aromatic ring is 1. The van der Waals surface area contributed by atoms with Crippen LogP contribution in [0, 0.1) is 13.8 Å². The Morgan fingerprint density at radius 2 is 2.14 bits per heavy atom. The minimum Gasteiger partial charge on any atom is -0.382 e. The normalized spacial score (nSPS) is 10.9. The fourth-order valence-corrected chi connectivity index (χ4v) is 2.61. The van der Waals surface area contributed by atoms with Crippen LogP contribution in [0.25, 0.3) is 0 Å². The molecule has 0 saturated heterocycles. The molecule has 4 N–H and O–H groups in total. The number of hydrogen-bond acceptors (Lipinski definition) is 7. The number of aromatic nitrogens is 2. The van der Waals surface area contributed by atoms with E-state index in [0.717, 1.165) is 17.0 Å². The number of nitrogens with zero attached hydrogens (tertiary/aromatic N) is 2. The first-order valence-corrected chi connectivity index (χ1v) is 7.39. The van der Waals surface area contributed by atoms with Crippen LogP contribution < -0.4 is 16.4 Å². The number of aryl methyl sites for hydroxylation is 2. The zero-order valence-electron chi connectivity index (χ0n) is 12.5. The molecular formula is C13H19N5O2S. The quantitative estimate of drug-likeness (QED) is 0.781. The van der Waals surface area contributed by atoms with E-state index in [2.05, 4.69) is 20.2 Å². The Balaban J connectivity index is 2.16. The highest BCUT2D eigenvalue weighted by Gasteiger charge is 2.20. The number of carbonyl (C=O) groups excluding carboxylic acids is 1. The molecule has 0 aliphatic carbocycles. The fourth-order valence-electron chi connectivity index (χ4n) is 1.90. The van der Waals surface area contributed by atoms with E-state index in [1.807, 2.05) is 27.7 Å². The molecule has 0 bridgehead atoms. The minimum atomic E-state index is -0.225. The van der Waals surface area contributed by atoms with Gasteiger partial charge < -0.3 is 20.9 Å². The van der Waals surface area contributed by atoms with Crippen molar-refractivity contribution >= 4 is 28.3 Å². The van der Waals surface area contributed by atoms with Crippen LogP contribution in [-0.2, 0) is 6.54 Å². The van der Waals surface area contributed by atoms with Crippen molar-refractivity contribution in [2.24, 2.45) is 0 Å². The zero-order valence-corrected chi connectivity index (χ0v) is 13.3. The Kier molecular flexibility index (Phi) is 4.46. The molecule has 0 aliphatic heterocycles. The molecule has 0 aromatic carbocycles. The van der Waals surface area contributed by atoms with Crippen LogP contribution in [0.3, 0.4) is 0 Å². The first kappa shape index (κ1) is 15.3. The highest BCUT2D eigenvalue weighted by atomic mass is 32.1. The van der Waals surface area contributed by atoms with Gasteiger partial charge in [0.15, 0.2) is 5.82 Å². The lowest BCUT2D eigenvalue weighted by atomic mass is 10.2. The molecule has 0 unspecified atom stereocenters. The summed E-state index contributed by atoms with van der Waals surface area (Å²) in [6.07, 6.45) is 0. The Morgan fingerprint density at radius 3 is 2.71 bits per heavy atom. The lowest BCUT2D eigenvalue weighted by molar-refractivity contribution is 0.0945. The molecule has 0 spiro atoms. The van der Waals surface area contributed by atoms with E-state index in [9.17, 15) is 4.79 Å². The predicted octanol–water partition coefficient (Wildman–Crippen LogP) is 2.08. The van der Waals surface area contributed by atoms with Gasteiger partial charge >= 0.3 is 0 Å². The topological polar surface area (TPSA) is 106 Å². The van der Waals surface area contributed by atoms with Crippen molar-refractivity contribution in [3.63, 3.8) is 0 Å². The van der Waals surface area contributed by atoms with Gasteiger partial charge in [0, 0.05) is 18.2 Å². The largest absolute Gasteiger partial charge is 0.382 e. The number of nitrogens with two attached hydrogens (primary N) is 1. The lowest BCUT2D eigenvalue weighted by Crippen LogP contribution is -2.30. The van der Waals surface area contributed by atoms with E-state index < -0.39 is 0 Å². The molecule has 0 fully saturated rings. The standard InChI is InChI=1S/C13H19N5O2S/c1-6(2)16-12(19)10-11(14)18-21-13(10)15-5-9-7(3)17-20-8(9)4/h6,15H,5H2,1-4H3,(H2,14,18)(H,16,19). The molecule has 0 saturated carbocycles. The molecule has 2 aromatic heterocycles. The summed E-state index contributed by atoms with van der Waals surface area (Å²) in [6.45, 7) is 8.02. The lowest BCUT2D eigenvalue weighted by Gasteiger charge is -2.10. The molecule has 21 heavy (non-hydrogen) atoms. The highest BCUT2D eigenvalue weighted by molar-refractivity contribution is 7.11. The average molecular weight is 309 g/mol. The molecule has 114 valence electrons. The maximum Gasteiger partial charge on any atom is 0.258 e. The van der Waals surface area contributed by atoms with Gasteiger partial charge in [-0.15, -0.1) is 0 Å². The van der Waals surface area contributed by atoms with Gasteiger partial charge in [0.2, 0.25) is 0 Å². The van der Waals surface area contributed by atoms with E-state index in [-0.39, 0.29) is 17.8 Å². The zero-order chi connectivity index (χ0) is 15.6. The monoisotopic (exact) mass is 309 g/mol. The summed E-state index contributed by atoms with van der Waals surface area (Å²) in [5.41, 5.74) is 7.98. The van der Waals surface area contributed by atoms with Crippen molar-refractivity contribution in [3.05, 3.63) is 22.6 Å². The Labute approximate surface area is 127 Å². The van der Waals surface area contributed by atoms with Gasteiger partial charge in [0.05, 0.1) is 5.69 Å². The van der Waals surface area contributed by atoms with Gasteiger partial charge in [0.25, 0.3) is 5.91 Å². The van der Waals surface area contributed by atoms with E-state index in [4.69, 9.17) is 10.3 Å². The highest BCUT2D eigenvalue weighted by Crippen LogP contribution is 2.28. The summed E-state index contributed by atoms with van der Waals surface area (Å²) in [4.78, 5) is 12.2. The van der Waals surface area contributed by atoms with Gasteiger partial charge in [-0.2, -0.15) is 4.37 Å². The van der Waals surface area contributed by atoms with Gasteiger partial charge in [-0.1, -0.05) is 5.16 Å². The molecule has 7 nitrogen and oxygen atoms in total. The maximum atomic E-state index is 12.2. The number of anilines is 2. The fraction of sp³-hybridized carbons (Fsp3) is 0.462. The molecule has 1 amide bonds. The predicted molar refractivity (Wildman–Crippen MR) is 82.4 cm³/mol. The summed E-state index contributed by atoms with van der Waals surface area (Å²) in [7, 11) is 0. The van der Waals surface area contributed by atoms with Crippen LogP contribution in [0.5, 0.6) is 0 Å². The van der Waals surface area contributed by atoms with Gasteiger partial charge in [0.1, 0.15) is 16.3 Å². The summed E-state index contributed by atoms with van der Waals surface area (Å²) >= 11 is 1.17. The van der Waals surface area contributed by atoms with Crippen molar-refractivity contribution in [1.29, 1.82) is 0 Å². The van der Waals surface area contributed by atoms with E-state index >= 15 is 0 Å². The van der Waals surface area contributed by atoms with Crippen molar-refractivity contribution in [2.45, 2.75) is 40.3 Å². The van der Waals surface area contributed by atoms with Gasteiger partial charge in [-0.3, -0.25) is 4.79 Å². The maximum absolute atomic E-state index is 12.2. The summed E-state index contributed by atoms with van der Waals surface area (Å²) in [6, 6.07) is 0.0345. The number of hydrogen-bond donors (Lipinski definition) is 3. The van der Waals surface area contributed by atoms with Gasteiger partial charge in [-0.25, -0.2) is 0 Å². The third-order valence-electron chi connectivity index (χ3n) is 2.97. The van der Waals surface area contributed by atoms with Crippen LogP contribution in [0.2, 0.25) is 0 Å². The van der Waals surface area contributed by atoms with Crippen LogP contribution in [0.4, 0.5) is 10.8 Å². The Bertz CT molecular complexity index is 628. The van der Waals surface area contributed by atoms with Crippen LogP contribution in [0.1, 0.15) is 41.2 Å². The SMILES string of the molecule is Cc1noc(C)c1CNc1snc(N)c1C(=O)NC(C)C. The molecular weight excluding hydrogens is 290 g/mol. The van der Waals surface area contributed by atoms with Crippen LogP contribution in [0.15, 0.2) is 4.52 Å². The molecule has 0 atom stereocenters. The second kappa shape index (κ2) is 6.13. The minimum absolute atomic E-state index is 0.0345. The Morgan fingerprint density at radius 1 is 1.43 bits per heavy atom. The summed E-state index contributed by atoms with van der Waals surface area (Å²) < 4.78 is 9.16. The van der Waals surface area contributed by atoms with Crippen LogP contribution in [-0.4, -0.2) is 21.5 Å². The number of carbonyl (C=O) groups is 1. The molecule has 2 aromatic rings. The van der Waals surface area contributed by atoms with Crippen molar-refractivity contribution in [2.75, 3.05) is 11.1 Å². The van der Waals surface area contributed by atoms with E-state index in [1.165, 1.54) is 11.5 Å². The smallest absolute Gasteiger partial charge is 0.258 e. The summed E-state index contributed by atoms with van der Waals surface area (Å²) in [5, 5.41) is 10.6.